The van der Waals surface area contributed by atoms with Gasteiger partial charge in [0.15, 0.2) is 0 Å². The van der Waals surface area contributed by atoms with Crippen LogP contribution in [0.1, 0.15) is 42.8 Å². The van der Waals surface area contributed by atoms with Crippen LogP contribution in [-0.2, 0) is 0 Å². The molecule has 2 N–H and O–H groups in total. The van der Waals surface area contributed by atoms with E-state index in [1.807, 2.05) is 16.8 Å². The van der Waals surface area contributed by atoms with Crippen molar-refractivity contribution in [1.82, 2.24) is 9.78 Å². The Morgan fingerprint density at radius 3 is 2.67 bits per heavy atom. The van der Waals surface area contributed by atoms with Crippen LogP contribution >= 0.6 is 15.9 Å². The number of hydrogen-bond donors (Lipinski definition) is 1. The van der Waals surface area contributed by atoms with E-state index in [1.165, 1.54) is 5.56 Å². The normalized spacial score (nSPS) is 13.0. The summed E-state index contributed by atoms with van der Waals surface area (Å²) in [4.78, 5) is 0. The number of rotatable bonds is 3. The van der Waals surface area contributed by atoms with Crippen molar-refractivity contribution in [3.63, 3.8) is 0 Å². The first kappa shape index (κ1) is 13.3. The molecule has 3 nitrogen and oxygen atoms in total. The predicted molar refractivity (Wildman–Crippen MR) is 77.5 cm³/mol. The quantitative estimate of drug-likeness (QED) is 0.942. The Kier molecular flexibility index (Phi) is 3.88. The van der Waals surface area contributed by atoms with Crippen molar-refractivity contribution in [2.45, 2.75) is 32.9 Å². The summed E-state index contributed by atoms with van der Waals surface area (Å²) in [6.45, 7) is 6.28. The van der Waals surface area contributed by atoms with Gasteiger partial charge in [0.05, 0.1) is 11.7 Å². The highest BCUT2D eigenvalue weighted by atomic mass is 79.9. The van der Waals surface area contributed by atoms with E-state index in [4.69, 9.17) is 5.73 Å². The second-order valence-corrected chi connectivity index (χ2v) is 5.54. The zero-order valence-electron chi connectivity index (χ0n) is 10.9. The summed E-state index contributed by atoms with van der Waals surface area (Å²) in [5.41, 5.74) is 9.70. The van der Waals surface area contributed by atoms with Gasteiger partial charge in [0.25, 0.3) is 0 Å². The average molecular weight is 308 g/mol. The molecule has 0 aliphatic heterocycles. The fraction of sp³-hybridized carbons (Fsp3) is 0.357. The fourth-order valence-corrected chi connectivity index (χ4v) is 2.58. The lowest BCUT2D eigenvalue weighted by molar-refractivity contribution is 0.499. The largest absolute Gasteiger partial charge is 0.319 e. The number of nitrogens with two attached hydrogens (primary N) is 1. The summed E-state index contributed by atoms with van der Waals surface area (Å²) >= 11 is 3.62. The minimum absolute atomic E-state index is 0.163. The summed E-state index contributed by atoms with van der Waals surface area (Å²) in [6, 6.07) is 8.29. The fourth-order valence-electron chi connectivity index (χ4n) is 2.07. The predicted octanol–water partition coefficient (Wildman–Crippen LogP) is 3.58. The van der Waals surface area contributed by atoms with Crippen LogP contribution in [0.3, 0.4) is 0 Å². The van der Waals surface area contributed by atoms with Crippen molar-refractivity contribution in [3.05, 3.63) is 51.8 Å². The van der Waals surface area contributed by atoms with Gasteiger partial charge in [-0.15, -0.1) is 0 Å². The van der Waals surface area contributed by atoms with Crippen LogP contribution in [0.5, 0.6) is 0 Å². The van der Waals surface area contributed by atoms with Gasteiger partial charge in [0.2, 0.25) is 0 Å². The second kappa shape index (κ2) is 5.24. The summed E-state index contributed by atoms with van der Waals surface area (Å²) < 4.78 is 3.05. The van der Waals surface area contributed by atoms with Crippen LogP contribution in [0.2, 0.25) is 0 Å². The van der Waals surface area contributed by atoms with Gasteiger partial charge in [-0.1, -0.05) is 34.1 Å². The molecule has 0 bridgehead atoms. The monoisotopic (exact) mass is 307 g/mol. The van der Waals surface area contributed by atoms with Crippen molar-refractivity contribution >= 4 is 15.9 Å². The maximum absolute atomic E-state index is 6.38. The molecule has 18 heavy (non-hydrogen) atoms. The lowest BCUT2D eigenvalue weighted by Gasteiger charge is -2.18. The molecule has 0 fully saturated rings. The molecule has 1 aromatic heterocycles. The highest BCUT2D eigenvalue weighted by Gasteiger charge is 2.18. The highest BCUT2D eigenvalue weighted by Crippen LogP contribution is 2.29. The van der Waals surface area contributed by atoms with Gasteiger partial charge in [0.1, 0.15) is 0 Å². The molecule has 2 aromatic rings. The zero-order chi connectivity index (χ0) is 13.3. The smallest absolute Gasteiger partial charge is 0.0734 e. The number of aryl methyl sites for hydroxylation is 1. The third kappa shape index (κ3) is 2.35. The number of nitrogens with zero attached hydrogens (tertiary/aromatic N) is 2. The molecule has 1 heterocycles. The third-order valence-electron chi connectivity index (χ3n) is 3.07. The summed E-state index contributed by atoms with van der Waals surface area (Å²) in [5.74, 6) is 0. The summed E-state index contributed by atoms with van der Waals surface area (Å²) in [5, 5.41) is 4.34. The molecule has 0 saturated carbocycles. The molecule has 1 aromatic carbocycles. The first-order chi connectivity index (χ1) is 8.52. The minimum atomic E-state index is -0.163. The molecular weight excluding hydrogens is 290 g/mol. The van der Waals surface area contributed by atoms with Crippen LogP contribution in [-0.4, -0.2) is 9.78 Å². The van der Waals surface area contributed by atoms with Gasteiger partial charge >= 0.3 is 0 Å². The Morgan fingerprint density at radius 1 is 1.28 bits per heavy atom. The zero-order valence-corrected chi connectivity index (χ0v) is 12.5. The first-order valence-electron chi connectivity index (χ1n) is 6.06. The number of hydrogen-bond acceptors (Lipinski definition) is 2. The minimum Gasteiger partial charge on any atom is -0.319 e. The Labute approximate surface area is 116 Å². The van der Waals surface area contributed by atoms with E-state index in [-0.39, 0.29) is 6.04 Å². The van der Waals surface area contributed by atoms with E-state index in [0.29, 0.717) is 6.04 Å². The molecule has 2 rings (SSSR count). The second-order valence-electron chi connectivity index (χ2n) is 4.75. The van der Waals surface area contributed by atoms with Gasteiger partial charge in [-0.3, -0.25) is 4.68 Å². The Bertz CT molecular complexity index is 546. The molecule has 1 atom stereocenters. The van der Waals surface area contributed by atoms with Crippen molar-refractivity contribution in [3.8, 4) is 0 Å². The summed E-state index contributed by atoms with van der Waals surface area (Å²) in [6.07, 6.45) is 1.80. The van der Waals surface area contributed by atoms with E-state index >= 15 is 0 Å². The molecule has 0 amide bonds. The van der Waals surface area contributed by atoms with Crippen LogP contribution in [0.15, 0.2) is 34.9 Å². The molecule has 96 valence electrons. The lowest BCUT2D eigenvalue weighted by Crippen LogP contribution is -2.19. The van der Waals surface area contributed by atoms with E-state index < -0.39 is 0 Å². The van der Waals surface area contributed by atoms with Crippen LogP contribution in [0, 0.1) is 6.92 Å². The first-order valence-corrected chi connectivity index (χ1v) is 6.85. The van der Waals surface area contributed by atoms with E-state index in [9.17, 15) is 0 Å². The SMILES string of the molecule is Cc1cccc(C(N)c2ccnn2C(C)C)c1Br. The van der Waals surface area contributed by atoms with Gasteiger partial charge in [-0.05, 0) is 38.0 Å². The molecule has 0 saturated heterocycles. The van der Waals surface area contributed by atoms with Crippen molar-refractivity contribution < 1.29 is 0 Å². The van der Waals surface area contributed by atoms with Crippen LogP contribution in [0.4, 0.5) is 0 Å². The number of benzene rings is 1. The number of halogens is 1. The van der Waals surface area contributed by atoms with Crippen LogP contribution < -0.4 is 5.73 Å². The standard InChI is InChI=1S/C14H18BrN3/c1-9(2)18-12(7-8-17-18)14(16)11-6-4-5-10(3)13(11)15/h4-9,14H,16H2,1-3H3. The Morgan fingerprint density at radius 2 is 2.00 bits per heavy atom. The topological polar surface area (TPSA) is 43.8 Å². The van der Waals surface area contributed by atoms with E-state index in [1.54, 1.807) is 6.20 Å². The van der Waals surface area contributed by atoms with Crippen molar-refractivity contribution in [2.75, 3.05) is 0 Å². The van der Waals surface area contributed by atoms with Gasteiger partial charge in [-0.25, -0.2) is 0 Å². The lowest BCUT2D eigenvalue weighted by atomic mass is 10.0. The maximum atomic E-state index is 6.38. The molecule has 4 heteroatoms. The Balaban J connectivity index is 2.45. The van der Waals surface area contributed by atoms with Gasteiger partial charge < -0.3 is 5.73 Å². The van der Waals surface area contributed by atoms with E-state index in [0.717, 1.165) is 15.7 Å². The molecule has 0 aliphatic carbocycles. The Hall–Kier alpha value is -1.13. The molecule has 1 unspecified atom stereocenters. The third-order valence-corrected chi connectivity index (χ3v) is 4.15. The maximum Gasteiger partial charge on any atom is 0.0734 e. The molecule has 0 spiro atoms. The number of aromatic nitrogens is 2. The van der Waals surface area contributed by atoms with E-state index in [2.05, 4.69) is 53.9 Å². The molecular formula is C14H18BrN3. The van der Waals surface area contributed by atoms with Crippen molar-refractivity contribution in [1.29, 1.82) is 0 Å². The van der Waals surface area contributed by atoms with Gasteiger partial charge in [0, 0.05) is 16.7 Å². The summed E-state index contributed by atoms with van der Waals surface area (Å²) in [7, 11) is 0. The molecule has 0 radical (unpaired) electrons. The van der Waals surface area contributed by atoms with Crippen molar-refractivity contribution in [2.24, 2.45) is 5.73 Å². The molecule has 0 aliphatic rings. The average Bonchev–Trinajstić information content (AvgIpc) is 2.81. The van der Waals surface area contributed by atoms with Crippen LogP contribution in [0.25, 0.3) is 0 Å². The van der Waals surface area contributed by atoms with Gasteiger partial charge in [-0.2, -0.15) is 5.10 Å². The highest BCUT2D eigenvalue weighted by molar-refractivity contribution is 9.10.